The predicted octanol–water partition coefficient (Wildman–Crippen LogP) is 0.877. The Bertz CT molecular complexity index is 245. The van der Waals surface area contributed by atoms with Crippen LogP contribution in [0.2, 0.25) is 0 Å². The van der Waals surface area contributed by atoms with Crippen molar-refractivity contribution in [2.24, 2.45) is 17.7 Å². The Hall–Kier alpha value is -0.610. The smallest absolute Gasteiger partial charge is 0.251 e. The summed E-state index contributed by atoms with van der Waals surface area (Å²) in [7, 11) is 0. The van der Waals surface area contributed by atoms with Crippen molar-refractivity contribution in [3.63, 3.8) is 0 Å². The molecule has 2 fully saturated rings. The van der Waals surface area contributed by atoms with E-state index in [1.54, 1.807) is 0 Å². The third-order valence-electron chi connectivity index (χ3n) is 4.20. The van der Waals surface area contributed by atoms with Crippen molar-refractivity contribution in [2.45, 2.75) is 45.1 Å². The van der Waals surface area contributed by atoms with Crippen LogP contribution in [0.25, 0.3) is 0 Å². The van der Waals surface area contributed by atoms with Gasteiger partial charge >= 0.3 is 0 Å². The summed E-state index contributed by atoms with van der Waals surface area (Å²) in [6.45, 7) is 4.32. The molecule has 1 saturated heterocycles. The van der Waals surface area contributed by atoms with E-state index in [0.29, 0.717) is 0 Å². The molecule has 4 heteroatoms. The molecular weight excluding hydrogens is 202 g/mol. The molecule has 3 N–H and O–H groups in total. The quantitative estimate of drug-likeness (QED) is 0.424. The molecular formula is C12H23N3O. The Labute approximate surface area is 97.5 Å². The van der Waals surface area contributed by atoms with Crippen LogP contribution < -0.4 is 11.3 Å². The molecule has 1 aliphatic carbocycles. The zero-order valence-corrected chi connectivity index (χ0v) is 10.1. The second kappa shape index (κ2) is 5.15. The Balaban J connectivity index is 1.96. The van der Waals surface area contributed by atoms with Gasteiger partial charge in [-0.05, 0) is 31.1 Å². The van der Waals surface area contributed by atoms with E-state index in [-0.39, 0.29) is 11.9 Å². The summed E-state index contributed by atoms with van der Waals surface area (Å²) in [5.41, 5.74) is 2.31. The highest BCUT2D eigenvalue weighted by Crippen LogP contribution is 2.38. The minimum atomic E-state index is -0.0122. The molecule has 92 valence electrons. The molecule has 1 amide bonds. The molecule has 16 heavy (non-hydrogen) atoms. The maximum atomic E-state index is 11.7. The number of carbonyl (C=O) groups excluding carboxylic acids is 1. The predicted molar refractivity (Wildman–Crippen MR) is 63.4 cm³/mol. The molecule has 0 aromatic carbocycles. The number of fused-ring (bicyclic) bond motifs is 1. The van der Waals surface area contributed by atoms with Crippen molar-refractivity contribution in [3.05, 3.63) is 0 Å². The monoisotopic (exact) mass is 225 g/mol. The van der Waals surface area contributed by atoms with Crippen LogP contribution in [0.5, 0.6) is 0 Å². The molecule has 1 saturated carbocycles. The summed E-state index contributed by atoms with van der Waals surface area (Å²) in [5, 5.41) is 0. The average molecular weight is 225 g/mol. The van der Waals surface area contributed by atoms with Gasteiger partial charge in [-0.25, -0.2) is 5.84 Å². The van der Waals surface area contributed by atoms with Gasteiger partial charge in [0.1, 0.15) is 0 Å². The molecule has 1 heterocycles. The van der Waals surface area contributed by atoms with Crippen LogP contribution in [0.15, 0.2) is 0 Å². The third kappa shape index (κ3) is 2.23. The number of hydrazine groups is 1. The van der Waals surface area contributed by atoms with Crippen LogP contribution in [0.1, 0.15) is 39.0 Å². The van der Waals surface area contributed by atoms with E-state index in [1.807, 2.05) is 0 Å². The number of likely N-dealkylation sites (tertiary alicyclic amines) is 1. The largest absolute Gasteiger partial charge is 0.293 e. The van der Waals surface area contributed by atoms with Gasteiger partial charge in [-0.15, -0.1) is 0 Å². The van der Waals surface area contributed by atoms with Crippen molar-refractivity contribution >= 4 is 5.91 Å². The Morgan fingerprint density at radius 1 is 1.44 bits per heavy atom. The van der Waals surface area contributed by atoms with E-state index < -0.39 is 0 Å². The normalized spacial score (nSPS) is 31.4. The molecule has 0 radical (unpaired) electrons. The Morgan fingerprint density at radius 3 is 2.56 bits per heavy atom. The lowest BCUT2D eigenvalue weighted by molar-refractivity contribution is -0.126. The summed E-state index contributed by atoms with van der Waals surface area (Å²) >= 11 is 0. The van der Waals surface area contributed by atoms with Crippen LogP contribution in [0.4, 0.5) is 0 Å². The second-order valence-corrected chi connectivity index (χ2v) is 5.22. The molecule has 2 rings (SSSR count). The highest BCUT2D eigenvalue weighted by molar-refractivity contribution is 5.81. The first-order chi connectivity index (χ1) is 7.76. The van der Waals surface area contributed by atoms with Crippen molar-refractivity contribution < 1.29 is 4.79 Å². The topological polar surface area (TPSA) is 58.4 Å². The molecule has 0 aromatic rings. The summed E-state index contributed by atoms with van der Waals surface area (Å²) in [6, 6.07) is 0.000556. The first-order valence-corrected chi connectivity index (χ1v) is 6.50. The van der Waals surface area contributed by atoms with Gasteiger partial charge in [-0.1, -0.05) is 19.8 Å². The van der Waals surface area contributed by atoms with Gasteiger partial charge in [0.25, 0.3) is 5.91 Å². The maximum Gasteiger partial charge on any atom is 0.251 e. The number of nitrogens with one attached hydrogen (secondary N) is 1. The van der Waals surface area contributed by atoms with Gasteiger partial charge in [-0.2, -0.15) is 0 Å². The van der Waals surface area contributed by atoms with E-state index in [9.17, 15) is 4.79 Å². The summed E-state index contributed by atoms with van der Waals surface area (Å²) < 4.78 is 0. The van der Waals surface area contributed by atoms with E-state index in [4.69, 9.17) is 5.84 Å². The van der Waals surface area contributed by atoms with Crippen molar-refractivity contribution in [1.29, 1.82) is 0 Å². The fraction of sp³-hybridized carbons (Fsp3) is 0.917. The van der Waals surface area contributed by atoms with E-state index in [0.717, 1.165) is 37.8 Å². The number of amides is 1. The summed E-state index contributed by atoms with van der Waals surface area (Å²) in [5.74, 6) is 6.92. The highest BCUT2D eigenvalue weighted by Gasteiger charge is 2.40. The van der Waals surface area contributed by atoms with Gasteiger partial charge < -0.3 is 0 Å². The molecule has 3 atom stereocenters. The number of hydrogen-bond acceptors (Lipinski definition) is 3. The van der Waals surface area contributed by atoms with Crippen molar-refractivity contribution in [2.75, 3.05) is 13.1 Å². The fourth-order valence-electron chi connectivity index (χ4n) is 3.37. The van der Waals surface area contributed by atoms with E-state index in [2.05, 4.69) is 17.2 Å². The van der Waals surface area contributed by atoms with Gasteiger partial charge in [0.15, 0.2) is 0 Å². The molecule has 0 spiro atoms. The maximum absolute atomic E-state index is 11.7. The molecule has 4 nitrogen and oxygen atoms in total. The fourth-order valence-corrected chi connectivity index (χ4v) is 3.37. The van der Waals surface area contributed by atoms with Gasteiger partial charge in [0, 0.05) is 13.1 Å². The lowest BCUT2D eigenvalue weighted by Crippen LogP contribution is -2.48. The van der Waals surface area contributed by atoms with Crippen LogP contribution in [-0.2, 0) is 4.79 Å². The lowest BCUT2D eigenvalue weighted by atomic mass is 10.0. The third-order valence-corrected chi connectivity index (χ3v) is 4.20. The van der Waals surface area contributed by atoms with Gasteiger partial charge in [-0.3, -0.25) is 15.1 Å². The minimum Gasteiger partial charge on any atom is -0.293 e. The molecule has 3 unspecified atom stereocenters. The SMILES string of the molecule is CCCC(C(=O)NN)N1CC2CCCC2C1. The zero-order chi connectivity index (χ0) is 11.5. The highest BCUT2D eigenvalue weighted by atomic mass is 16.2. The number of rotatable bonds is 4. The zero-order valence-electron chi connectivity index (χ0n) is 10.1. The molecule has 2 aliphatic rings. The summed E-state index contributed by atoms with van der Waals surface area (Å²) in [4.78, 5) is 14.1. The average Bonchev–Trinajstić information content (AvgIpc) is 2.84. The minimum absolute atomic E-state index is 0.000556. The van der Waals surface area contributed by atoms with Crippen LogP contribution >= 0.6 is 0 Å². The standard InChI is InChI=1S/C12H23N3O/c1-2-4-11(12(16)14-13)15-7-9-5-3-6-10(9)8-15/h9-11H,2-8,13H2,1H3,(H,14,16). The van der Waals surface area contributed by atoms with Gasteiger partial charge in [0.05, 0.1) is 6.04 Å². The number of nitrogens with zero attached hydrogens (tertiary/aromatic N) is 1. The Morgan fingerprint density at radius 2 is 2.06 bits per heavy atom. The number of nitrogens with two attached hydrogens (primary N) is 1. The second-order valence-electron chi connectivity index (χ2n) is 5.22. The van der Waals surface area contributed by atoms with Crippen LogP contribution in [0, 0.1) is 11.8 Å². The van der Waals surface area contributed by atoms with Crippen LogP contribution in [-0.4, -0.2) is 29.9 Å². The van der Waals surface area contributed by atoms with Gasteiger partial charge in [0.2, 0.25) is 0 Å². The summed E-state index contributed by atoms with van der Waals surface area (Å²) in [6.07, 6.45) is 6.03. The first-order valence-electron chi connectivity index (χ1n) is 6.50. The van der Waals surface area contributed by atoms with Crippen LogP contribution in [0.3, 0.4) is 0 Å². The van der Waals surface area contributed by atoms with E-state index in [1.165, 1.54) is 19.3 Å². The first kappa shape index (κ1) is 11.9. The Kier molecular flexibility index (Phi) is 3.82. The molecule has 0 bridgehead atoms. The van der Waals surface area contributed by atoms with E-state index >= 15 is 0 Å². The number of carbonyl (C=O) groups is 1. The lowest BCUT2D eigenvalue weighted by Gasteiger charge is -2.26. The molecule has 1 aliphatic heterocycles. The number of hydrogen-bond donors (Lipinski definition) is 2. The van der Waals surface area contributed by atoms with Crippen molar-refractivity contribution in [3.8, 4) is 0 Å². The van der Waals surface area contributed by atoms with Crippen molar-refractivity contribution in [1.82, 2.24) is 10.3 Å². The molecule has 0 aromatic heterocycles.